The Balaban J connectivity index is 1.41. The Morgan fingerprint density at radius 1 is 1.15 bits per heavy atom. The molecular formula is C29H30N8O2. The number of imidazole rings is 1. The van der Waals surface area contributed by atoms with Crippen molar-refractivity contribution in [3.05, 3.63) is 60.7 Å². The third-order valence-electron chi connectivity index (χ3n) is 7.24. The molecule has 4 aromatic heterocycles. The molecule has 39 heavy (non-hydrogen) atoms. The van der Waals surface area contributed by atoms with Gasteiger partial charge in [-0.05, 0) is 44.5 Å². The Bertz CT molecular complexity index is 1670. The summed E-state index contributed by atoms with van der Waals surface area (Å²) in [4.78, 5) is 16.7. The molecule has 0 spiro atoms. The standard InChI is InChI=1S/C29H30N8O2/c1-19(38)16-36-10-3-4-21(17-36)18-39-29-34-26(22-7-5-20(13-30)6-8-22)25(28-31-9-11-37(28)29)23-12-24-15-33-35(2)27(24)32-14-23/h5-9,11-12,14-15,19,21,38H,3-4,10,16-18H2,1-2H3/t19-,21-/m1/s1. The van der Waals surface area contributed by atoms with Gasteiger partial charge in [-0.3, -0.25) is 9.08 Å². The van der Waals surface area contributed by atoms with Gasteiger partial charge in [-0.1, -0.05) is 12.1 Å². The average Bonchev–Trinajstić information content (AvgIpc) is 3.58. The number of pyridine rings is 1. The minimum absolute atomic E-state index is 0.341. The minimum atomic E-state index is -0.347. The van der Waals surface area contributed by atoms with Crippen molar-refractivity contribution in [1.29, 1.82) is 5.26 Å². The summed E-state index contributed by atoms with van der Waals surface area (Å²) >= 11 is 0. The lowest BCUT2D eigenvalue weighted by molar-refractivity contribution is 0.0778. The maximum absolute atomic E-state index is 9.82. The molecular weight excluding hydrogens is 492 g/mol. The van der Waals surface area contributed by atoms with E-state index in [1.165, 1.54) is 0 Å². The van der Waals surface area contributed by atoms with Crippen molar-refractivity contribution in [1.82, 2.24) is 34.0 Å². The van der Waals surface area contributed by atoms with Crippen molar-refractivity contribution >= 4 is 16.7 Å². The van der Waals surface area contributed by atoms with Gasteiger partial charge in [0.1, 0.15) is 0 Å². The van der Waals surface area contributed by atoms with E-state index in [9.17, 15) is 10.4 Å². The maximum Gasteiger partial charge on any atom is 0.302 e. The van der Waals surface area contributed by atoms with Crippen LogP contribution in [-0.4, -0.2) is 71.5 Å². The molecule has 1 aliphatic heterocycles. The molecule has 0 bridgehead atoms. The molecule has 0 saturated carbocycles. The van der Waals surface area contributed by atoms with Crippen molar-refractivity contribution in [3.8, 4) is 34.5 Å². The molecule has 0 unspecified atom stereocenters. The summed E-state index contributed by atoms with van der Waals surface area (Å²) in [5, 5.41) is 24.4. The number of hydrogen-bond acceptors (Lipinski definition) is 8. The van der Waals surface area contributed by atoms with E-state index in [1.807, 2.05) is 49.0 Å². The first-order valence-corrected chi connectivity index (χ1v) is 13.2. The third kappa shape index (κ3) is 4.94. The Hall–Kier alpha value is -4.33. The van der Waals surface area contributed by atoms with Crippen LogP contribution in [0, 0.1) is 17.2 Å². The van der Waals surface area contributed by atoms with Crippen LogP contribution in [0.4, 0.5) is 0 Å². The van der Waals surface area contributed by atoms with E-state index in [0.717, 1.165) is 53.7 Å². The molecule has 5 heterocycles. The van der Waals surface area contributed by atoms with Gasteiger partial charge in [0.05, 0.1) is 41.8 Å². The normalized spacial score (nSPS) is 16.9. The second-order valence-corrected chi connectivity index (χ2v) is 10.3. The molecule has 1 saturated heterocycles. The van der Waals surface area contributed by atoms with Crippen LogP contribution in [0.1, 0.15) is 25.3 Å². The number of aliphatic hydroxyl groups excluding tert-OH is 1. The van der Waals surface area contributed by atoms with Gasteiger partial charge in [-0.15, -0.1) is 0 Å². The number of aliphatic hydroxyl groups is 1. The summed E-state index contributed by atoms with van der Waals surface area (Å²) in [6.45, 7) is 4.90. The zero-order valence-corrected chi connectivity index (χ0v) is 22.0. The molecule has 10 heteroatoms. The quantitative estimate of drug-likeness (QED) is 0.344. The van der Waals surface area contributed by atoms with Gasteiger partial charge >= 0.3 is 6.01 Å². The van der Waals surface area contributed by atoms with Crippen LogP contribution in [0.3, 0.4) is 0 Å². The number of benzene rings is 1. The third-order valence-corrected chi connectivity index (χ3v) is 7.24. The van der Waals surface area contributed by atoms with Gasteiger partial charge in [0.2, 0.25) is 0 Å². The number of aryl methyl sites for hydroxylation is 1. The number of β-amino-alcohol motifs (C(OH)–C–C–N with tert-alkyl or cyclic N) is 1. The number of rotatable bonds is 7. The highest BCUT2D eigenvalue weighted by atomic mass is 16.5. The fourth-order valence-corrected chi connectivity index (χ4v) is 5.43. The number of fused-ring (bicyclic) bond motifs is 2. The van der Waals surface area contributed by atoms with Crippen LogP contribution in [-0.2, 0) is 7.05 Å². The van der Waals surface area contributed by atoms with E-state index < -0.39 is 0 Å². The summed E-state index contributed by atoms with van der Waals surface area (Å²) < 4.78 is 10.0. The molecule has 0 radical (unpaired) electrons. The number of piperidine rings is 1. The Morgan fingerprint density at radius 3 is 2.79 bits per heavy atom. The number of aromatic nitrogens is 6. The minimum Gasteiger partial charge on any atom is -0.464 e. The molecule has 1 aliphatic rings. The van der Waals surface area contributed by atoms with E-state index in [4.69, 9.17) is 14.7 Å². The van der Waals surface area contributed by atoms with Gasteiger partial charge in [-0.2, -0.15) is 15.3 Å². The van der Waals surface area contributed by atoms with Crippen molar-refractivity contribution in [2.75, 3.05) is 26.2 Å². The van der Waals surface area contributed by atoms with Gasteiger partial charge in [0.25, 0.3) is 0 Å². The summed E-state index contributed by atoms with van der Waals surface area (Å²) in [6, 6.07) is 12.1. The second kappa shape index (κ2) is 10.4. The van der Waals surface area contributed by atoms with Crippen LogP contribution in [0.15, 0.2) is 55.1 Å². The Kier molecular flexibility index (Phi) is 6.69. The molecule has 0 amide bonds. The first-order valence-electron chi connectivity index (χ1n) is 13.2. The number of nitrogens with zero attached hydrogens (tertiary/aromatic N) is 8. The molecule has 1 aromatic carbocycles. The van der Waals surface area contributed by atoms with E-state index in [-0.39, 0.29) is 6.10 Å². The molecule has 1 fully saturated rings. The lowest BCUT2D eigenvalue weighted by Gasteiger charge is -2.33. The predicted octanol–water partition coefficient (Wildman–Crippen LogP) is 3.69. The maximum atomic E-state index is 9.82. The summed E-state index contributed by atoms with van der Waals surface area (Å²) in [6.07, 6.45) is 9.03. The van der Waals surface area contributed by atoms with Crippen LogP contribution in [0.2, 0.25) is 0 Å². The lowest BCUT2D eigenvalue weighted by Crippen LogP contribution is -2.41. The monoisotopic (exact) mass is 522 g/mol. The summed E-state index contributed by atoms with van der Waals surface area (Å²) in [5.74, 6) is 0.341. The summed E-state index contributed by atoms with van der Waals surface area (Å²) in [5.41, 5.74) is 5.34. The van der Waals surface area contributed by atoms with Gasteiger partial charge in [-0.25, -0.2) is 9.97 Å². The topological polar surface area (TPSA) is 117 Å². The van der Waals surface area contributed by atoms with E-state index in [2.05, 4.69) is 21.1 Å². The van der Waals surface area contributed by atoms with Crippen molar-refractivity contribution in [2.45, 2.75) is 25.9 Å². The zero-order chi connectivity index (χ0) is 26.9. The fourth-order valence-electron chi connectivity index (χ4n) is 5.43. The number of nitriles is 1. The van der Waals surface area contributed by atoms with Crippen molar-refractivity contribution < 1.29 is 9.84 Å². The van der Waals surface area contributed by atoms with E-state index >= 15 is 0 Å². The fraction of sp³-hybridized carbons (Fsp3) is 0.345. The zero-order valence-electron chi connectivity index (χ0n) is 22.0. The molecule has 10 nitrogen and oxygen atoms in total. The van der Waals surface area contributed by atoms with Crippen molar-refractivity contribution in [3.63, 3.8) is 0 Å². The first-order chi connectivity index (χ1) is 19.0. The lowest BCUT2D eigenvalue weighted by atomic mass is 9.99. The highest BCUT2D eigenvalue weighted by Gasteiger charge is 2.24. The smallest absolute Gasteiger partial charge is 0.302 e. The number of hydrogen-bond donors (Lipinski definition) is 1. The van der Waals surface area contributed by atoms with E-state index in [0.29, 0.717) is 42.0 Å². The van der Waals surface area contributed by atoms with Crippen LogP contribution >= 0.6 is 0 Å². The molecule has 6 rings (SSSR count). The van der Waals surface area contributed by atoms with Gasteiger partial charge in [0.15, 0.2) is 11.3 Å². The van der Waals surface area contributed by atoms with Gasteiger partial charge < -0.3 is 14.7 Å². The summed E-state index contributed by atoms with van der Waals surface area (Å²) in [7, 11) is 1.87. The number of likely N-dealkylation sites (tertiary alicyclic amines) is 1. The first kappa shape index (κ1) is 25.0. The van der Waals surface area contributed by atoms with Crippen LogP contribution in [0.5, 0.6) is 6.01 Å². The predicted molar refractivity (Wildman–Crippen MR) is 147 cm³/mol. The average molecular weight is 523 g/mol. The largest absolute Gasteiger partial charge is 0.464 e. The highest BCUT2D eigenvalue weighted by Crippen LogP contribution is 2.37. The van der Waals surface area contributed by atoms with Crippen LogP contribution < -0.4 is 4.74 Å². The molecule has 0 aliphatic carbocycles. The SMILES string of the molecule is C[C@@H](O)CN1CCC[C@@H](COc2nc(-c3ccc(C#N)cc3)c(-c3cnc4c(cnn4C)c3)c3nccn23)C1. The Morgan fingerprint density at radius 2 is 2.00 bits per heavy atom. The van der Waals surface area contributed by atoms with Crippen LogP contribution in [0.25, 0.3) is 39.1 Å². The number of ether oxygens (including phenoxy) is 1. The molecule has 1 N–H and O–H groups in total. The van der Waals surface area contributed by atoms with Gasteiger partial charge in [0, 0.05) is 61.2 Å². The molecule has 2 atom stereocenters. The van der Waals surface area contributed by atoms with E-state index in [1.54, 1.807) is 29.2 Å². The van der Waals surface area contributed by atoms with Crippen molar-refractivity contribution in [2.24, 2.45) is 13.0 Å². The highest BCUT2D eigenvalue weighted by molar-refractivity contribution is 5.93. The molecule has 5 aromatic rings. The Labute approximate surface area is 226 Å². The second-order valence-electron chi connectivity index (χ2n) is 10.3. The molecule has 198 valence electrons.